The van der Waals surface area contributed by atoms with Crippen LogP contribution in [-0.4, -0.2) is 54.7 Å². The Bertz CT molecular complexity index is 291. The third kappa shape index (κ3) is 2.61. The molecule has 1 unspecified atom stereocenters. The van der Waals surface area contributed by atoms with Crippen molar-refractivity contribution in [3.05, 3.63) is 0 Å². The van der Waals surface area contributed by atoms with E-state index in [9.17, 15) is 9.59 Å². The van der Waals surface area contributed by atoms with Crippen LogP contribution in [0.4, 0.5) is 0 Å². The van der Waals surface area contributed by atoms with Crippen molar-refractivity contribution < 1.29 is 9.59 Å². The molecule has 2 saturated heterocycles. The number of carbonyl (C=O) groups is 2. The fourth-order valence-corrected chi connectivity index (χ4v) is 2.65. The second-order valence-corrected chi connectivity index (χ2v) is 5.00. The predicted molar refractivity (Wildman–Crippen MR) is 61.0 cm³/mol. The second-order valence-electron chi connectivity index (χ2n) is 5.00. The van der Waals surface area contributed by atoms with Gasteiger partial charge in [-0.25, -0.2) is 0 Å². The van der Waals surface area contributed by atoms with E-state index >= 15 is 0 Å². The molecule has 2 fully saturated rings. The highest BCUT2D eigenvalue weighted by Crippen LogP contribution is 2.19. The number of carbonyl (C=O) groups excluding carboxylic acids is 2. The van der Waals surface area contributed by atoms with Crippen LogP contribution in [0.5, 0.6) is 0 Å². The summed E-state index contributed by atoms with van der Waals surface area (Å²) in [5, 5.41) is 0. The maximum Gasteiger partial charge on any atom is 0.227 e. The summed E-state index contributed by atoms with van der Waals surface area (Å²) in [5.74, 6) is 0.521. The van der Waals surface area contributed by atoms with E-state index in [1.54, 1.807) is 4.90 Å². The van der Waals surface area contributed by atoms with Crippen molar-refractivity contribution in [2.24, 2.45) is 5.92 Å². The minimum atomic E-state index is 0.115. The maximum absolute atomic E-state index is 12.2. The van der Waals surface area contributed by atoms with Crippen molar-refractivity contribution in [3.8, 4) is 0 Å². The minimum absolute atomic E-state index is 0.115. The van der Waals surface area contributed by atoms with Crippen LogP contribution in [0.15, 0.2) is 0 Å². The lowest BCUT2D eigenvalue weighted by Crippen LogP contribution is -2.47. The number of piperidine rings is 2. The van der Waals surface area contributed by atoms with E-state index in [0.29, 0.717) is 13.0 Å². The summed E-state index contributed by atoms with van der Waals surface area (Å²) in [6.45, 7) is 3.05. The predicted octanol–water partition coefficient (Wildman–Crippen LogP) is 0.520. The number of nitrogens with zero attached hydrogens (tertiary/aromatic N) is 2. The van der Waals surface area contributed by atoms with E-state index in [1.165, 1.54) is 0 Å². The molecule has 0 aromatic carbocycles. The first kappa shape index (κ1) is 11.6. The lowest BCUT2D eigenvalue weighted by molar-refractivity contribution is -0.142. The van der Waals surface area contributed by atoms with Crippen LogP contribution in [-0.2, 0) is 9.59 Å². The van der Waals surface area contributed by atoms with Crippen LogP contribution in [0, 0.1) is 5.92 Å². The molecule has 16 heavy (non-hydrogen) atoms. The molecule has 1 amide bonds. The van der Waals surface area contributed by atoms with Crippen LogP contribution < -0.4 is 0 Å². The number of amides is 1. The molecule has 0 saturated carbocycles. The summed E-state index contributed by atoms with van der Waals surface area (Å²) in [6.07, 6.45) is 3.56. The van der Waals surface area contributed by atoms with E-state index in [4.69, 9.17) is 0 Å². The van der Waals surface area contributed by atoms with Gasteiger partial charge < -0.3 is 9.80 Å². The minimum Gasteiger partial charge on any atom is -0.335 e. The summed E-state index contributed by atoms with van der Waals surface area (Å²) in [7, 11) is 2.06. The van der Waals surface area contributed by atoms with Gasteiger partial charge in [-0.15, -0.1) is 0 Å². The summed E-state index contributed by atoms with van der Waals surface area (Å²) >= 11 is 0. The van der Waals surface area contributed by atoms with Gasteiger partial charge in [0.1, 0.15) is 0 Å². The van der Waals surface area contributed by atoms with Gasteiger partial charge in [0.25, 0.3) is 0 Å². The monoisotopic (exact) mass is 224 g/mol. The molecule has 2 heterocycles. The zero-order valence-corrected chi connectivity index (χ0v) is 9.95. The van der Waals surface area contributed by atoms with Gasteiger partial charge in [-0.2, -0.15) is 0 Å². The molecular weight excluding hydrogens is 204 g/mol. The molecule has 0 spiro atoms. The van der Waals surface area contributed by atoms with Gasteiger partial charge in [-0.1, -0.05) is 0 Å². The van der Waals surface area contributed by atoms with Crippen molar-refractivity contribution >= 4 is 11.7 Å². The van der Waals surface area contributed by atoms with Gasteiger partial charge >= 0.3 is 0 Å². The smallest absolute Gasteiger partial charge is 0.227 e. The highest BCUT2D eigenvalue weighted by Gasteiger charge is 2.30. The van der Waals surface area contributed by atoms with Crippen molar-refractivity contribution in [1.82, 2.24) is 9.80 Å². The van der Waals surface area contributed by atoms with E-state index in [-0.39, 0.29) is 17.6 Å². The average Bonchev–Trinajstić information content (AvgIpc) is 2.28. The Morgan fingerprint density at radius 2 is 2.12 bits per heavy atom. The zero-order chi connectivity index (χ0) is 11.5. The first-order valence-electron chi connectivity index (χ1n) is 6.16. The Labute approximate surface area is 96.6 Å². The third-order valence-corrected chi connectivity index (χ3v) is 3.54. The Balaban J connectivity index is 1.92. The van der Waals surface area contributed by atoms with Gasteiger partial charge in [0.15, 0.2) is 5.78 Å². The number of Topliss-reactive ketones (excluding diaryl/α,β-unsaturated/α-hetero) is 1. The molecule has 0 bridgehead atoms. The van der Waals surface area contributed by atoms with Gasteiger partial charge in [0, 0.05) is 19.5 Å². The number of hydrogen-bond acceptors (Lipinski definition) is 3. The Hall–Kier alpha value is -0.900. The highest BCUT2D eigenvalue weighted by molar-refractivity contribution is 5.88. The quantitative estimate of drug-likeness (QED) is 0.652. The Kier molecular flexibility index (Phi) is 3.59. The van der Waals surface area contributed by atoms with Crippen LogP contribution in [0.2, 0.25) is 0 Å². The van der Waals surface area contributed by atoms with Crippen molar-refractivity contribution in [1.29, 1.82) is 0 Å². The molecule has 2 aliphatic heterocycles. The summed E-state index contributed by atoms with van der Waals surface area (Å²) < 4.78 is 0. The van der Waals surface area contributed by atoms with E-state index in [1.807, 2.05) is 0 Å². The normalized spacial score (nSPS) is 28.2. The number of ketones is 1. The average molecular weight is 224 g/mol. The summed E-state index contributed by atoms with van der Waals surface area (Å²) in [4.78, 5) is 27.5. The molecule has 1 atom stereocenters. The number of rotatable bonds is 1. The maximum atomic E-state index is 12.2. The van der Waals surface area contributed by atoms with Gasteiger partial charge in [0.05, 0.1) is 12.5 Å². The molecule has 0 aromatic rings. The zero-order valence-electron chi connectivity index (χ0n) is 9.95. The molecule has 0 aromatic heterocycles. The van der Waals surface area contributed by atoms with Crippen molar-refractivity contribution in [2.45, 2.75) is 25.7 Å². The molecule has 0 aliphatic carbocycles. The van der Waals surface area contributed by atoms with Crippen LogP contribution in [0.3, 0.4) is 0 Å². The molecule has 0 radical (unpaired) electrons. The fraction of sp³-hybridized carbons (Fsp3) is 0.833. The fourth-order valence-electron chi connectivity index (χ4n) is 2.65. The summed E-state index contributed by atoms with van der Waals surface area (Å²) in [6, 6.07) is 0. The molecular formula is C12H20N2O2. The van der Waals surface area contributed by atoms with E-state index < -0.39 is 0 Å². The summed E-state index contributed by atoms with van der Waals surface area (Å²) in [5.41, 5.74) is 0. The Morgan fingerprint density at radius 3 is 2.81 bits per heavy atom. The van der Waals surface area contributed by atoms with E-state index in [0.717, 1.165) is 38.9 Å². The first-order chi connectivity index (χ1) is 7.66. The van der Waals surface area contributed by atoms with Gasteiger partial charge in [-0.05, 0) is 32.9 Å². The van der Waals surface area contributed by atoms with Crippen LogP contribution in [0.1, 0.15) is 25.7 Å². The van der Waals surface area contributed by atoms with Crippen LogP contribution >= 0.6 is 0 Å². The molecule has 2 aliphatic rings. The largest absolute Gasteiger partial charge is 0.335 e. The lowest BCUT2D eigenvalue weighted by atomic mass is 9.96. The molecule has 2 rings (SSSR count). The molecule has 0 N–H and O–H groups in total. The number of hydrogen-bond donors (Lipinski definition) is 0. The van der Waals surface area contributed by atoms with Crippen molar-refractivity contribution in [2.75, 3.05) is 33.2 Å². The van der Waals surface area contributed by atoms with E-state index in [2.05, 4.69) is 11.9 Å². The van der Waals surface area contributed by atoms with Gasteiger partial charge in [-0.3, -0.25) is 9.59 Å². The van der Waals surface area contributed by atoms with Gasteiger partial charge in [0.2, 0.25) is 5.91 Å². The molecule has 4 heteroatoms. The lowest BCUT2D eigenvalue weighted by Gasteiger charge is -2.34. The number of likely N-dealkylation sites (tertiary alicyclic amines) is 2. The molecule has 90 valence electrons. The standard InChI is InChI=1S/C12H20N2O2/c1-13-6-2-4-10(8-13)12(16)14-7-3-5-11(15)9-14/h10H,2-9H2,1H3. The highest BCUT2D eigenvalue weighted by atomic mass is 16.2. The topological polar surface area (TPSA) is 40.6 Å². The SMILES string of the molecule is CN1CCCC(C(=O)N2CCCC(=O)C2)C1. The van der Waals surface area contributed by atoms with Crippen LogP contribution in [0.25, 0.3) is 0 Å². The molecule has 4 nitrogen and oxygen atoms in total. The third-order valence-electron chi connectivity index (χ3n) is 3.54. The Morgan fingerprint density at radius 1 is 1.31 bits per heavy atom. The second kappa shape index (κ2) is 4.95. The van der Waals surface area contributed by atoms with Crippen molar-refractivity contribution in [3.63, 3.8) is 0 Å². The first-order valence-corrected chi connectivity index (χ1v) is 6.16.